The normalized spacial score (nSPS) is 10.6. The van der Waals surface area contributed by atoms with E-state index in [4.69, 9.17) is 9.84 Å². The van der Waals surface area contributed by atoms with Crippen molar-refractivity contribution >= 4 is 0 Å². The minimum atomic E-state index is -0.115. The van der Waals surface area contributed by atoms with Crippen LogP contribution in [-0.4, -0.2) is 41.7 Å². The zero-order valence-electron chi connectivity index (χ0n) is 9.02. The van der Waals surface area contributed by atoms with Gasteiger partial charge in [-0.15, -0.1) is 0 Å². The van der Waals surface area contributed by atoms with Crippen LogP contribution in [0.5, 0.6) is 11.5 Å². The molecule has 0 aliphatic rings. The molecule has 0 heterocycles. The molecule has 0 unspecified atom stereocenters. The Balaban J connectivity index is 2.24. The van der Waals surface area contributed by atoms with Gasteiger partial charge in [-0.2, -0.15) is 0 Å². The lowest BCUT2D eigenvalue weighted by Crippen LogP contribution is -2.20. The lowest BCUT2D eigenvalue weighted by molar-refractivity contribution is 0.0937. The maximum absolute atomic E-state index is 9.48. The van der Waals surface area contributed by atoms with E-state index >= 15 is 0 Å². The standard InChI is InChI=1S/C11H17NO4/c13-5-7-16-6-4-12-8-9-2-1-3-10(14)11(9)15/h1-3,12-15H,4-8H2. The Morgan fingerprint density at radius 3 is 2.75 bits per heavy atom. The van der Waals surface area contributed by atoms with Gasteiger partial charge in [0.05, 0.1) is 19.8 Å². The Labute approximate surface area is 94.3 Å². The molecule has 0 aliphatic carbocycles. The molecule has 1 rings (SSSR count). The first-order valence-corrected chi connectivity index (χ1v) is 5.15. The number of rotatable bonds is 7. The van der Waals surface area contributed by atoms with Crippen LogP contribution >= 0.6 is 0 Å². The highest BCUT2D eigenvalue weighted by molar-refractivity contribution is 5.44. The molecule has 1 aromatic rings. The van der Waals surface area contributed by atoms with Crippen molar-refractivity contribution in [3.63, 3.8) is 0 Å². The van der Waals surface area contributed by atoms with Gasteiger partial charge in [-0.25, -0.2) is 0 Å². The highest BCUT2D eigenvalue weighted by Gasteiger charge is 2.04. The third kappa shape index (κ3) is 4.06. The molecule has 16 heavy (non-hydrogen) atoms. The van der Waals surface area contributed by atoms with E-state index < -0.39 is 0 Å². The number of nitrogens with one attached hydrogen (secondary N) is 1. The van der Waals surface area contributed by atoms with E-state index in [-0.39, 0.29) is 18.1 Å². The number of aliphatic hydroxyl groups is 1. The van der Waals surface area contributed by atoms with Crippen LogP contribution in [0.3, 0.4) is 0 Å². The Bertz CT molecular complexity index is 317. The molecule has 5 heteroatoms. The van der Waals surface area contributed by atoms with Crippen LogP contribution in [0, 0.1) is 0 Å². The summed E-state index contributed by atoms with van der Waals surface area (Å²) in [7, 11) is 0. The van der Waals surface area contributed by atoms with Crippen LogP contribution < -0.4 is 5.32 Å². The maximum Gasteiger partial charge on any atom is 0.161 e. The minimum Gasteiger partial charge on any atom is -0.504 e. The van der Waals surface area contributed by atoms with Crippen LogP contribution in [0.25, 0.3) is 0 Å². The number of phenols is 2. The fourth-order valence-electron chi connectivity index (χ4n) is 1.25. The van der Waals surface area contributed by atoms with Gasteiger partial charge < -0.3 is 25.4 Å². The molecule has 0 aliphatic heterocycles. The summed E-state index contributed by atoms with van der Waals surface area (Å²) in [6.07, 6.45) is 0. The monoisotopic (exact) mass is 227 g/mol. The third-order valence-electron chi connectivity index (χ3n) is 2.07. The second-order valence-electron chi connectivity index (χ2n) is 3.30. The van der Waals surface area contributed by atoms with E-state index in [0.29, 0.717) is 31.9 Å². The fraction of sp³-hybridized carbons (Fsp3) is 0.455. The maximum atomic E-state index is 9.48. The van der Waals surface area contributed by atoms with Gasteiger partial charge in [-0.1, -0.05) is 12.1 Å². The van der Waals surface area contributed by atoms with E-state index in [0.717, 1.165) is 0 Å². The number of phenolic OH excluding ortho intramolecular Hbond substituents is 2. The third-order valence-corrected chi connectivity index (χ3v) is 2.07. The van der Waals surface area contributed by atoms with Gasteiger partial charge in [0.2, 0.25) is 0 Å². The SMILES string of the molecule is OCCOCCNCc1cccc(O)c1O. The average molecular weight is 227 g/mol. The second kappa shape index (κ2) is 7.05. The number of ether oxygens (including phenoxy) is 1. The molecule has 1 aromatic carbocycles. The van der Waals surface area contributed by atoms with Crippen molar-refractivity contribution in [1.82, 2.24) is 5.32 Å². The summed E-state index contributed by atoms with van der Waals surface area (Å²) in [6, 6.07) is 4.84. The predicted molar refractivity (Wildman–Crippen MR) is 59.4 cm³/mol. The topological polar surface area (TPSA) is 82.0 Å². The van der Waals surface area contributed by atoms with Crippen molar-refractivity contribution in [2.45, 2.75) is 6.54 Å². The average Bonchev–Trinajstić information content (AvgIpc) is 2.29. The van der Waals surface area contributed by atoms with Gasteiger partial charge in [0.15, 0.2) is 11.5 Å². The molecule has 0 radical (unpaired) electrons. The van der Waals surface area contributed by atoms with Crippen molar-refractivity contribution in [3.8, 4) is 11.5 Å². The minimum absolute atomic E-state index is 0.0212. The predicted octanol–water partition coefficient (Wildman–Crippen LogP) is 0.196. The Hall–Kier alpha value is -1.30. The number of hydrogen-bond donors (Lipinski definition) is 4. The molecule has 0 amide bonds. The van der Waals surface area contributed by atoms with Gasteiger partial charge >= 0.3 is 0 Å². The summed E-state index contributed by atoms with van der Waals surface area (Å²) in [5, 5.41) is 30.2. The van der Waals surface area contributed by atoms with Gasteiger partial charge in [0, 0.05) is 18.7 Å². The van der Waals surface area contributed by atoms with Crippen LogP contribution in [0.4, 0.5) is 0 Å². The molecule has 0 saturated heterocycles. The molecule has 4 N–H and O–H groups in total. The number of hydrogen-bond acceptors (Lipinski definition) is 5. The van der Waals surface area contributed by atoms with Crippen LogP contribution in [0.1, 0.15) is 5.56 Å². The van der Waals surface area contributed by atoms with E-state index in [1.807, 2.05) is 0 Å². The Kier molecular flexibility index (Phi) is 5.63. The fourth-order valence-corrected chi connectivity index (χ4v) is 1.25. The van der Waals surface area contributed by atoms with E-state index in [2.05, 4.69) is 5.32 Å². The van der Waals surface area contributed by atoms with Gasteiger partial charge in [0.25, 0.3) is 0 Å². The van der Waals surface area contributed by atoms with Crippen molar-refractivity contribution in [2.75, 3.05) is 26.4 Å². The smallest absolute Gasteiger partial charge is 0.161 e. The summed E-state index contributed by atoms with van der Waals surface area (Å²) in [5.74, 6) is -0.206. The number of para-hydroxylation sites is 1. The molecule has 0 spiro atoms. The van der Waals surface area contributed by atoms with Gasteiger partial charge in [-0.3, -0.25) is 0 Å². The van der Waals surface area contributed by atoms with Gasteiger partial charge in [0.1, 0.15) is 0 Å². The van der Waals surface area contributed by atoms with Crippen molar-refractivity contribution in [2.24, 2.45) is 0 Å². The molecule has 0 saturated carbocycles. The van der Waals surface area contributed by atoms with Crippen LogP contribution in [0.2, 0.25) is 0 Å². The molecule has 0 aromatic heterocycles. The molecule has 5 nitrogen and oxygen atoms in total. The zero-order valence-corrected chi connectivity index (χ0v) is 9.02. The largest absolute Gasteiger partial charge is 0.504 e. The second-order valence-corrected chi connectivity index (χ2v) is 3.30. The number of benzene rings is 1. The summed E-state index contributed by atoms with van der Waals surface area (Å²) < 4.78 is 5.05. The lowest BCUT2D eigenvalue weighted by Gasteiger charge is -2.07. The molecule has 0 bridgehead atoms. The molecular weight excluding hydrogens is 210 g/mol. The zero-order chi connectivity index (χ0) is 11.8. The summed E-state index contributed by atoms with van der Waals surface area (Å²) >= 11 is 0. The van der Waals surface area contributed by atoms with E-state index in [9.17, 15) is 10.2 Å². The molecule has 90 valence electrons. The number of aromatic hydroxyl groups is 2. The molecular formula is C11H17NO4. The van der Waals surface area contributed by atoms with E-state index in [1.165, 1.54) is 6.07 Å². The van der Waals surface area contributed by atoms with Crippen LogP contribution in [0.15, 0.2) is 18.2 Å². The molecule has 0 fully saturated rings. The van der Waals surface area contributed by atoms with Crippen molar-refractivity contribution in [1.29, 1.82) is 0 Å². The summed E-state index contributed by atoms with van der Waals surface area (Å²) in [5.41, 5.74) is 0.641. The highest BCUT2D eigenvalue weighted by atomic mass is 16.5. The van der Waals surface area contributed by atoms with Gasteiger partial charge in [-0.05, 0) is 6.07 Å². The first kappa shape index (κ1) is 12.8. The van der Waals surface area contributed by atoms with Crippen LogP contribution in [-0.2, 0) is 11.3 Å². The number of aliphatic hydroxyl groups excluding tert-OH is 1. The Morgan fingerprint density at radius 2 is 2.00 bits per heavy atom. The lowest BCUT2D eigenvalue weighted by atomic mass is 10.2. The quantitative estimate of drug-likeness (QED) is 0.395. The van der Waals surface area contributed by atoms with E-state index in [1.54, 1.807) is 12.1 Å². The summed E-state index contributed by atoms with van der Waals surface area (Å²) in [6.45, 7) is 1.93. The Morgan fingerprint density at radius 1 is 1.19 bits per heavy atom. The molecule has 0 atom stereocenters. The van der Waals surface area contributed by atoms with Crippen molar-refractivity contribution in [3.05, 3.63) is 23.8 Å². The first-order valence-electron chi connectivity index (χ1n) is 5.15. The van der Waals surface area contributed by atoms with Crippen molar-refractivity contribution < 1.29 is 20.1 Å². The first-order chi connectivity index (χ1) is 7.75. The summed E-state index contributed by atoms with van der Waals surface area (Å²) in [4.78, 5) is 0. The highest BCUT2D eigenvalue weighted by Crippen LogP contribution is 2.27.